The van der Waals surface area contributed by atoms with E-state index in [1.165, 1.54) is 12.1 Å². The van der Waals surface area contributed by atoms with E-state index in [1.54, 1.807) is 24.3 Å². The molecule has 0 aliphatic heterocycles. The molecule has 0 aliphatic carbocycles. The predicted octanol–water partition coefficient (Wildman–Crippen LogP) is 6.74. The molecule has 1 aromatic heterocycles. The second-order valence-electron chi connectivity index (χ2n) is 9.39. The third-order valence-electron chi connectivity index (χ3n) is 7.03. The molecular formula is C32H27FN2O3. The smallest absolute Gasteiger partial charge is 0.336 e. The van der Waals surface area contributed by atoms with Crippen molar-refractivity contribution in [1.82, 2.24) is 9.88 Å². The van der Waals surface area contributed by atoms with Gasteiger partial charge in [0.05, 0.1) is 5.56 Å². The molecule has 38 heavy (non-hydrogen) atoms. The van der Waals surface area contributed by atoms with E-state index >= 15 is 0 Å². The van der Waals surface area contributed by atoms with Crippen LogP contribution in [0.1, 0.15) is 43.1 Å². The lowest BCUT2D eigenvalue weighted by molar-refractivity contribution is 0.0697. The average molecular weight is 507 g/mol. The molecule has 0 atom stereocenters. The number of carbonyl (C=O) groups is 2. The minimum atomic E-state index is -0.946. The van der Waals surface area contributed by atoms with Gasteiger partial charge >= 0.3 is 5.97 Å². The zero-order valence-corrected chi connectivity index (χ0v) is 21.2. The SMILES string of the molecule is Cc1c(C)n(Cc2ccc(-c3ccccc3C(=O)O)cc2)c2ccc(C(=O)NCc3ccc(F)cc3)cc12. The second-order valence-corrected chi connectivity index (χ2v) is 9.39. The van der Waals surface area contributed by atoms with Crippen molar-refractivity contribution >= 4 is 22.8 Å². The lowest BCUT2D eigenvalue weighted by Crippen LogP contribution is -2.22. The van der Waals surface area contributed by atoms with E-state index in [4.69, 9.17) is 0 Å². The van der Waals surface area contributed by atoms with Crippen molar-refractivity contribution in [1.29, 1.82) is 0 Å². The summed E-state index contributed by atoms with van der Waals surface area (Å²) in [5.74, 6) is -1.43. The van der Waals surface area contributed by atoms with Crippen molar-refractivity contribution in [2.45, 2.75) is 26.9 Å². The Bertz CT molecular complexity index is 1650. The number of nitrogens with one attached hydrogen (secondary N) is 1. The molecule has 0 radical (unpaired) electrons. The highest BCUT2D eigenvalue weighted by atomic mass is 19.1. The number of carboxylic acid groups (broad SMARTS) is 1. The Labute approximate surface area is 220 Å². The maximum atomic E-state index is 13.1. The van der Waals surface area contributed by atoms with Gasteiger partial charge in [0.25, 0.3) is 5.91 Å². The Kier molecular flexibility index (Phi) is 6.79. The highest BCUT2D eigenvalue weighted by Gasteiger charge is 2.15. The van der Waals surface area contributed by atoms with Gasteiger partial charge in [-0.3, -0.25) is 4.79 Å². The van der Waals surface area contributed by atoms with Crippen molar-refractivity contribution in [2.75, 3.05) is 0 Å². The van der Waals surface area contributed by atoms with Crippen LogP contribution in [-0.2, 0) is 13.1 Å². The van der Waals surface area contributed by atoms with Crippen molar-refractivity contribution < 1.29 is 19.1 Å². The largest absolute Gasteiger partial charge is 0.478 e. The van der Waals surface area contributed by atoms with Gasteiger partial charge in [-0.25, -0.2) is 9.18 Å². The van der Waals surface area contributed by atoms with Gasteiger partial charge in [0.1, 0.15) is 5.82 Å². The fourth-order valence-corrected chi connectivity index (χ4v) is 4.78. The van der Waals surface area contributed by atoms with Crippen molar-refractivity contribution in [3.63, 3.8) is 0 Å². The summed E-state index contributed by atoms with van der Waals surface area (Å²) in [7, 11) is 0. The number of aryl methyl sites for hydroxylation is 1. The monoisotopic (exact) mass is 506 g/mol. The summed E-state index contributed by atoms with van der Waals surface area (Å²) < 4.78 is 15.4. The third-order valence-corrected chi connectivity index (χ3v) is 7.03. The summed E-state index contributed by atoms with van der Waals surface area (Å²) in [4.78, 5) is 24.4. The summed E-state index contributed by atoms with van der Waals surface area (Å²) >= 11 is 0. The summed E-state index contributed by atoms with van der Waals surface area (Å²) in [5.41, 5.74) is 7.57. The molecule has 0 aliphatic rings. The summed E-state index contributed by atoms with van der Waals surface area (Å²) in [6.07, 6.45) is 0. The number of nitrogens with zero attached hydrogens (tertiary/aromatic N) is 1. The first kappa shape index (κ1) is 25.0. The van der Waals surface area contributed by atoms with Gasteiger partial charge in [0, 0.05) is 35.2 Å². The number of rotatable bonds is 7. The molecule has 0 saturated heterocycles. The molecule has 0 fully saturated rings. The maximum absolute atomic E-state index is 13.1. The van der Waals surface area contributed by atoms with Crippen LogP contribution in [0.3, 0.4) is 0 Å². The molecule has 5 aromatic rings. The van der Waals surface area contributed by atoms with Crippen molar-refractivity contribution in [2.24, 2.45) is 0 Å². The molecular weight excluding hydrogens is 479 g/mol. The molecule has 0 unspecified atom stereocenters. The van der Waals surface area contributed by atoms with E-state index in [-0.39, 0.29) is 17.3 Å². The minimum Gasteiger partial charge on any atom is -0.478 e. The first-order chi connectivity index (χ1) is 18.3. The van der Waals surface area contributed by atoms with Crippen LogP contribution in [0, 0.1) is 19.7 Å². The number of carbonyl (C=O) groups excluding carboxylic acids is 1. The lowest BCUT2D eigenvalue weighted by atomic mass is 9.99. The van der Waals surface area contributed by atoms with Gasteiger partial charge in [0.15, 0.2) is 0 Å². The number of aromatic nitrogens is 1. The van der Waals surface area contributed by atoms with Gasteiger partial charge in [-0.1, -0.05) is 54.6 Å². The third kappa shape index (κ3) is 4.93. The maximum Gasteiger partial charge on any atom is 0.336 e. The van der Waals surface area contributed by atoms with Crippen LogP contribution >= 0.6 is 0 Å². The highest BCUT2D eigenvalue weighted by Crippen LogP contribution is 2.29. The Hall–Kier alpha value is -4.71. The van der Waals surface area contributed by atoms with E-state index in [1.807, 2.05) is 54.6 Å². The quantitative estimate of drug-likeness (QED) is 0.257. The van der Waals surface area contributed by atoms with Gasteiger partial charge in [-0.05, 0) is 78.1 Å². The Balaban J connectivity index is 1.37. The predicted molar refractivity (Wildman–Crippen MR) is 147 cm³/mol. The van der Waals surface area contributed by atoms with Gasteiger partial charge in [0.2, 0.25) is 0 Å². The zero-order valence-electron chi connectivity index (χ0n) is 21.2. The fraction of sp³-hybridized carbons (Fsp3) is 0.125. The summed E-state index contributed by atoms with van der Waals surface area (Å²) in [6, 6.07) is 26.7. The van der Waals surface area contributed by atoms with Crippen molar-refractivity contribution in [3.05, 3.63) is 130 Å². The molecule has 190 valence electrons. The van der Waals surface area contributed by atoms with E-state index in [0.29, 0.717) is 24.2 Å². The number of hydrogen-bond acceptors (Lipinski definition) is 2. The van der Waals surface area contributed by atoms with Crippen LogP contribution in [0.2, 0.25) is 0 Å². The number of fused-ring (bicyclic) bond motifs is 1. The van der Waals surface area contributed by atoms with Crippen LogP contribution in [0.25, 0.3) is 22.0 Å². The molecule has 2 N–H and O–H groups in total. The van der Waals surface area contributed by atoms with Crippen LogP contribution < -0.4 is 5.32 Å². The van der Waals surface area contributed by atoms with Gasteiger partial charge < -0.3 is 15.0 Å². The van der Waals surface area contributed by atoms with Crippen LogP contribution in [0.5, 0.6) is 0 Å². The van der Waals surface area contributed by atoms with E-state index < -0.39 is 5.97 Å². The average Bonchev–Trinajstić information content (AvgIpc) is 3.17. The standard InChI is InChI=1S/C32H27FN2O3/c1-20-21(2)35(19-23-7-11-24(12-8-23)27-5-3-4-6-28(27)32(37)38)30-16-13-25(17-29(20)30)31(36)34-18-22-9-14-26(33)15-10-22/h3-17H,18-19H2,1-2H3,(H,34,36)(H,37,38). The van der Waals surface area contributed by atoms with E-state index in [9.17, 15) is 19.1 Å². The van der Waals surface area contributed by atoms with Crippen LogP contribution in [-0.4, -0.2) is 21.6 Å². The number of amides is 1. The number of benzene rings is 4. The van der Waals surface area contributed by atoms with Crippen LogP contribution in [0.15, 0.2) is 91.0 Å². The van der Waals surface area contributed by atoms with Crippen molar-refractivity contribution in [3.8, 4) is 11.1 Å². The fourth-order valence-electron chi connectivity index (χ4n) is 4.78. The Morgan fingerprint density at radius 1 is 0.868 bits per heavy atom. The summed E-state index contributed by atoms with van der Waals surface area (Å²) in [5, 5.41) is 13.4. The molecule has 1 amide bonds. The van der Waals surface area contributed by atoms with E-state index in [0.717, 1.165) is 38.9 Å². The molecule has 0 spiro atoms. The molecule has 5 rings (SSSR count). The molecule has 0 saturated carbocycles. The molecule has 0 bridgehead atoms. The normalized spacial score (nSPS) is 11.0. The lowest BCUT2D eigenvalue weighted by Gasteiger charge is -2.11. The highest BCUT2D eigenvalue weighted by molar-refractivity contribution is 5.99. The first-order valence-electron chi connectivity index (χ1n) is 12.4. The molecule has 4 aromatic carbocycles. The molecule has 5 nitrogen and oxygen atoms in total. The zero-order chi connectivity index (χ0) is 26.8. The molecule has 6 heteroatoms. The Morgan fingerprint density at radius 2 is 1.55 bits per heavy atom. The Morgan fingerprint density at radius 3 is 2.26 bits per heavy atom. The molecule has 1 heterocycles. The van der Waals surface area contributed by atoms with E-state index in [2.05, 4.69) is 23.7 Å². The number of halogens is 1. The van der Waals surface area contributed by atoms with Gasteiger partial charge in [-0.15, -0.1) is 0 Å². The minimum absolute atomic E-state index is 0.182. The topological polar surface area (TPSA) is 71.3 Å². The second kappa shape index (κ2) is 10.3. The first-order valence-corrected chi connectivity index (χ1v) is 12.4. The summed E-state index contributed by atoms with van der Waals surface area (Å²) in [6.45, 7) is 5.09. The number of aromatic carboxylic acids is 1. The van der Waals surface area contributed by atoms with Crippen LogP contribution in [0.4, 0.5) is 4.39 Å². The number of hydrogen-bond donors (Lipinski definition) is 2. The number of carboxylic acids is 1. The van der Waals surface area contributed by atoms with Gasteiger partial charge in [-0.2, -0.15) is 0 Å².